The van der Waals surface area contributed by atoms with Crippen molar-refractivity contribution in [1.82, 2.24) is 5.32 Å². The van der Waals surface area contributed by atoms with Gasteiger partial charge >= 0.3 is 0 Å². The molecule has 0 unspecified atom stereocenters. The third-order valence-corrected chi connectivity index (χ3v) is 2.51. The molecule has 0 saturated carbocycles. The summed E-state index contributed by atoms with van der Waals surface area (Å²) in [6.07, 6.45) is 0.708. The lowest BCUT2D eigenvalue weighted by molar-refractivity contribution is -0.120. The Hall–Kier alpha value is -1.20. The summed E-state index contributed by atoms with van der Waals surface area (Å²) in [5, 5.41) is 2.67. The second-order valence-corrected chi connectivity index (χ2v) is 4.31. The molecule has 0 spiro atoms. The van der Waals surface area contributed by atoms with Gasteiger partial charge in [-0.1, -0.05) is 6.07 Å². The van der Waals surface area contributed by atoms with E-state index in [0.717, 1.165) is 12.1 Å². The summed E-state index contributed by atoms with van der Waals surface area (Å²) < 4.78 is 30.7. The maximum absolute atomic E-state index is 12.9. The van der Waals surface area contributed by atoms with E-state index >= 15 is 0 Å². The van der Waals surface area contributed by atoms with Crippen molar-refractivity contribution in [2.24, 2.45) is 0 Å². The SMILES string of the molecule is O=C(Cc1ccc(F)c(F)c1)NCCCOCCCl. The quantitative estimate of drug-likeness (QED) is 0.589. The number of alkyl halides is 1. The molecule has 3 nitrogen and oxygen atoms in total. The van der Waals surface area contributed by atoms with Gasteiger partial charge in [0.15, 0.2) is 11.6 Å². The molecule has 0 bridgehead atoms. The van der Waals surface area contributed by atoms with E-state index in [0.29, 0.717) is 37.6 Å². The van der Waals surface area contributed by atoms with Crippen molar-refractivity contribution < 1.29 is 18.3 Å². The summed E-state index contributed by atoms with van der Waals surface area (Å²) in [5.41, 5.74) is 0.440. The Morgan fingerprint density at radius 1 is 1.26 bits per heavy atom. The second-order valence-electron chi connectivity index (χ2n) is 3.93. The van der Waals surface area contributed by atoms with E-state index in [1.54, 1.807) is 0 Å². The van der Waals surface area contributed by atoms with Crippen LogP contribution in [0.3, 0.4) is 0 Å². The minimum atomic E-state index is -0.945. The van der Waals surface area contributed by atoms with Gasteiger partial charge in [-0.2, -0.15) is 0 Å². The van der Waals surface area contributed by atoms with Crippen molar-refractivity contribution in [2.45, 2.75) is 12.8 Å². The first-order valence-electron chi connectivity index (χ1n) is 5.98. The number of benzene rings is 1. The van der Waals surface area contributed by atoms with Crippen LogP contribution >= 0.6 is 11.6 Å². The lowest BCUT2D eigenvalue weighted by atomic mass is 10.1. The molecule has 1 aromatic carbocycles. The van der Waals surface area contributed by atoms with Crippen molar-refractivity contribution in [2.75, 3.05) is 25.6 Å². The fourth-order valence-corrected chi connectivity index (χ4v) is 1.57. The van der Waals surface area contributed by atoms with Crippen LogP contribution in [0.25, 0.3) is 0 Å². The highest BCUT2D eigenvalue weighted by Gasteiger charge is 2.06. The van der Waals surface area contributed by atoms with Gasteiger partial charge in [0.1, 0.15) is 0 Å². The number of nitrogens with one attached hydrogen (secondary N) is 1. The summed E-state index contributed by atoms with van der Waals surface area (Å²) in [5.74, 6) is -1.65. The van der Waals surface area contributed by atoms with E-state index in [1.165, 1.54) is 6.07 Å². The summed E-state index contributed by atoms with van der Waals surface area (Å²) in [4.78, 5) is 11.5. The number of rotatable bonds is 8. The second kappa shape index (κ2) is 8.82. The zero-order valence-corrected chi connectivity index (χ0v) is 11.2. The molecular formula is C13H16ClF2NO2. The third kappa shape index (κ3) is 6.50. The van der Waals surface area contributed by atoms with Gasteiger partial charge in [0, 0.05) is 19.0 Å². The Bertz CT molecular complexity index is 416. The van der Waals surface area contributed by atoms with Crippen molar-refractivity contribution in [3.8, 4) is 0 Å². The van der Waals surface area contributed by atoms with Crippen molar-refractivity contribution in [1.29, 1.82) is 0 Å². The van der Waals surface area contributed by atoms with Crippen LogP contribution in [0.15, 0.2) is 18.2 Å². The van der Waals surface area contributed by atoms with Gasteiger partial charge in [-0.25, -0.2) is 8.78 Å². The van der Waals surface area contributed by atoms with E-state index in [2.05, 4.69) is 5.32 Å². The zero-order valence-electron chi connectivity index (χ0n) is 10.4. The van der Waals surface area contributed by atoms with Crippen molar-refractivity contribution >= 4 is 17.5 Å². The molecule has 0 aliphatic carbocycles. The zero-order chi connectivity index (χ0) is 14.1. The molecule has 0 fully saturated rings. The minimum absolute atomic E-state index is 0.0275. The predicted molar refractivity (Wildman–Crippen MR) is 69.2 cm³/mol. The van der Waals surface area contributed by atoms with Gasteiger partial charge in [-0.15, -0.1) is 11.6 Å². The molecular weight excluding hydrogens is 276 g/mol. The molecule has 1 aromatic rings. The lowest BCUT2D eigenvalue weighted by Crippen LogP contribution is -2.27. The van der Waals surface area contributed by atoms with Crippen LogP contribution < -0.4 is 5.32 Å². The standard InChI is InChI=1S/C13H16ClF2NO2/c14-4-7-19-6-1-5-17-13(18)9-10-2-3-11(15)12(16)8-10/h2-3,8H,1,4-7,9H2,(H,17,18). The van der Waals surface area contributed by atoms with Gasteiger partial charge < -0.3 is 10.1 Å². The molecule has 19 heavy (non-hydrogen) atoms. The number of ether oxygens (including phenoxy) is 1. The number of hydrogen-bond donors (Lipinski definition) is 1. The number of carbonyl (C=O) groups is 1. The maximum Gasteiger partial charge on any atom is 0.224 e. The van der Waals surface area contributed by atoms with E-state index in [-0.39, 0.29) is 12.3 Å². The van der Waals surface area contributed by atoms with E-state index in [1.807, 2.05) is 0 Å². The highest BCUT2D eigenvalue weighted by Crippen LogP contribution is 2.09. The normalized spacial score (nSPS) is 10.5. The Morgan fingerprint density at radius 2 is 2.05 bits per heavy atom. The van der Waals surface area contributed by atoms with E-state index in [4.69, 9.17) is 16.3 Å². The fraction of sp³-hybridized carbons (Fsp3) is 0.462. The monoisotopic (exact) mass is 291 g/mol. The number of carbonyl (C=O) groups excluding carboxylic acids is 1. The van der Waals surface area contributed by atoms with Crippen LogP contribution in [0.5, 0.6) is 0 Å². The van der Waals surface area contributed by atoms with Crippen LogP contribution in [0.1, 0.15) is 12.0 Å². The Kier molecular flexibility index (Phi) is 7.36. The highest BCUT2D eigenvalue weighted by atomic mass is 35.5. The number of hydrogen-bond acceptors (Lipinski definition) is 2. The molecule has 0 aliphatic heterocycles. The average molecular weight is 292 g/mol. The summed E-state index contributed by atoms with van der Waals surface area (Å²) >= 11 is 5.43. The van der Waals surface area contributed by atoms with Crippen LogP contribution in [0.4, 0.5) is 8.78 Å². The number of amides is 1. The highest BCUT2D eigenvalue weighted by molar-refractivity contribution is 6.17. The Morgan fingerprint density at radius 3 is 2.74 bits per heavy atom. The molecule has 1 N–H and O–H groups in total. The fourth-order valence-electron chi connectivity index (χ4n) is 1.46. The first-order chi connectivity index (χ1) is 9.13. The van der Waals surface area contributed by atoms with Gasteiger partial charge in [0.25, 0.3) is 0 Å². The maximum atomic E-state index is 12.9. The summed E-state index contributed by atoms with van der Waals surface area (Å²) in [6.45, 7) is 1.49. The Balaban J connectivity index is 2.21. The molecule has 0 radical (unpaired) electrons. The largest absolute Gasteiger partial charge is 0.380 e. The van der Waals surface area contributed by atoms with Gasteiger partial charge in [0.2, 0.25) is 5.91 Å². The van der Waals surface area contributed by atoms with Crippen LogP contribution in [0, 0.1) is 11.6 Å². The van der Waals surface area contributed by atoms with Gasteiger partial charge in [-0.05, 0) is 24.1 Å². The van der Waals surface area contributed by atoms with E-state index < -0.39 is 11.6 Å². The first-order valence-corrected chi connectivity index (χ1v) is 6.51. The predicted octanol–water partition coefficient (Wildman–Crippen LogP) is 2.27. The molecule has 6 heteroatoms. The topological polar surface area (TPSA) is 38.3 Å². The minimum Gasteiger partial charge on any atom is -0.380 e. The van der Waals surface area contributed by atoms with Crippen molar-refractivity contribution in [3.63, 3.8) is 0 Å². The number of halogens is 3. The average Bonchev–Trinajstić information content (AvgIpc) is 2.38. The molecule has 0 atom stereocenters. The molecule has 0 saturated heterocycles. The molecule has 0 heterocycles. The molecule has 1 rings (SSSR count). The Labute approximate surface area is 115 Å². The molecule has 0 aromatic heterocycles. The summed E-state index contributed by atoms with van der Waals surface area (Å²) in [6, 6.07) is 3.43. The smallest absolute Gasteiger partial charge is 0.224 e. The molecule has 106 valence electrons. The van der Waals surface area contributed by atoms with Gasteiger partial charge in [0.05, 0.1) is 13.0 Å². The van der Waals surface area contributed by atoms with Crippen LogP contribution in [-0.2, 0) is 16.0 Å². The summed E-state index contributed by atoms with van der Waals surface area (Å²) in [7, 11) is 0. The van der Waals surface area contributed by atoms with Crippen LogP contribution in [-0.4, -0.2) is 31.5 Å². The molecule has 0 aliphatic rings. The molecule has 1 amide bonds. The van der Waals surface area contributed by atoms with Crippen LogP contribution in [0.2, 0.25) is 0 Å². The lowest BCUT2D eigenvalue weighted by Gasteiger charge is -2.06. The van der Waals surface area contributed by atoms with Crippen molar-refractivity contribution in [3.05, 3.63) is 35.4 Å². The van der Waals surface area contributed by atoms with E-state index in [9.17, 15) is 13.6 Å². The van der Waals surface area contributed by atoms with Gasteiger partial charge in [-0.3, -0.25) is 4.79 Å². The third-order valence-electron chi connectivity index (χ3n) is 2.36. The first kappa shape index (κ1) is 15.9.